The molecule has 0 amide bonds. The van der Waals surface area contributed by atoms with Crippen molar-refractivity contribution in [3.05, 3.63) is 0 Å². The Kier molecular flexibility index (Phi) is 8.69. The van der Waals surface area contributed by atoms with Crippen LogP contribution in [0, 0.1) is 52.3 Å². The van der Waals surface area contributed by atoms with E-state index in [1.54, 1.807) is 0 Å². The van der Waals surface area contributed by atoms with Crippen LogP contribution in [0.3, 0.4) is 0 Å². The highest BCUT2D eigenvalue weighted by molar-refractivity contribution is 5.72. The molecule has 5 nitrogen and oxygen atoms in total. The average Bonchev–Trinajstić information content (AvgIpc) is 3.19. The second-order valence-corrected chi connectivity index (χ2v) is 15.3. The molecule has 4 aliphatic carbocycles. The molecule has 38 heavy (non-hydrogen) atoms. The lowest BCUT2D eigenvalue weighted by molar-refractivity contribution is -0.184. The highest BCUT2D eigenvalue weighted by Gasteiger charge is 2.63. The highest BCUT2D eigenvalue weighted by Crippen LogP contribution is 2.68. The van der Waals surface area contributed by atoms with Gasteiger partial charge in [0, 0.05) is 6.42 Å². The molecule has 0 aromatic rings. The Morgan fingerprint density at radius 3 is 2.29 bits per heavy atom. The Bertz CT molecular complexity index is 862. The van der Waals surface area contributed by atoms with Crippen molar-refractivity contribution in [3.8, 4) is 0 Å². The van der Waals surface area contributed by atoms with E-state index < -0.39 is 5.60 Å². The molecule has 0 aromatic heterocycles. The van der Waals surface area contributed by atoms with Gasteiger partial charge >= 0.3 is 11.9 Å². The van der Waals surface area contributed by atoms with Crippen LogP contribution in [0.4, 0.5) is 0 Å². The van der Waals surface area contributed by atoms with Crippen molar-refractivity contribution < 1.29 is 24.2 Å². The quantitative estimate of drug-likeness (QED) is 0.348. The number of aliphatic hydroxyl groups is 1. The molecule has 9 unspecified atom stereocenters. The summed E-state index contributed by atoms with van der Waals surface area (Å²) in [6, 6.07) is 0. The van der Waals surface area contributed by atoms with E-state index in [1.165, 1.54) is 25.7 Å². The van der Waals surface area contributed by atoms with Crippen molar-refractivity contribution in [2.45, 2.75) is 144 Å². The predicted molar refractivity (Wildman–Crippen MR) is 150 cm³/mol. The molecular formula is C33H56O5. The first-order chi connectivity index (χ1) is 17.7. The lowest BCUT2D eigenvalue weighted by Gasteiger charge is -2.62. The van der Waals surface area contributed by atoms with E-state index in [9.17, 15) is 14.7 Å². The molecule has 5 heteroatoms. The Hall–Kier alpha value is -1.10. The van der Waals surface area contributed by atoms with E-state index in [1.807, 2.05) is 34.6 Å². The first kappa shape index (κ1) is 29.9. The summed E-state index contributed by atoms with van der Waals surface area (Å²) in [5.41, 5.74) is 0.0373. The first-order valence-corrected chi connectivity index (χ1v) is 15.8. The SMILES string of the molecule is CCC(C)C(=O)OC1CC[C@@]2(C)C(C1)CC(O)C1C3CCC(C(C)CCC(=O)OC(C)(C)C)[C@@]3(C)CCC12. The standard InChI is InChI=1S/C33H56O5/c1-9-20(2)30(36)37-23-14-16-32(7)22(18-23)19-27(34)29-25-12-11-24(33(25,8)17-15-26(29)32)21(3)10-13-28(35)38-31(4,5)6/h20-27,29,34H,9-19H2,1-8H3/t20?,21?,22?,23?,24?,25?,26?,27?,29?,32-,33+/m0/s1. The van der Waals surface area contributed by atoms with Gasteiger partial charge in [0.05, 0.1) is 12.0 Å². The Morgan fingerprint density at radius 1 is 0.974 bits per heavy atom. The Balaban J connectivity index is 1.42. The van der Waals surface area contributed by atoms with Crippen molar-refractivity contribution in [3.63, 3.8) is 0 Å². The summed E-state index contributed by atoms with van der Waals surface area (Å²) in [6.07, 6.45) is 10.6. The van der Waals surface area contributed by atoms with Crippen molar-refractivity contribution in [2.75, 3.05) is 0 Å². The summed E-state index contributed by atoms with van der Waals surface area (Å²) < 4.78 is 11.5. The minimum Gasteiger partial charge on any atom is -0.462 e. The third-order valence-electron chi connectivity index (χ3n) is 11.9. The second kappa shape index (κ2) is 11.1. The van der Waals surface area contributed by atoms with Gasteiger partial charge in [-0.05, 0) is 131 Å². The Morgan fingerprint density at radius 2 is 1.63 bits per heavy atom. The van der Waals surface area contributed by atoms with E-state index in [4.69, 9.17) is 9.47 Å². The average molecular weight is 533 g/mol. The number of hydrogen-bond acceptors (Lipinski definition) is 5. The van der Waals surface area contributed by atoms with Gasteiger partial charge in [-0.2, -0.15) is 0 Å². The van der Waals surface area contributed by atoms with Gasteiger partial charge in [-0.1, -0.05) is 34.6 Å². The molecule has 0 radical (unpaired) electrons. The fourth-order valence-electron chi connectivity index (χ4n) is 9.65. The molecule has 4 rings (SSSR count). The van der Waals surface area contributed by atoms with E-state index in [-0.39, 0.29) is 40.9 Å². The van der Waals surface area contributed by atoms with Gasteiger partial charge in [-0.15, -0.1) is 0 Å². The number of rotatable bonds is 7. The van der Waals surface area contributed by atoms with Crippen LogP contribution in [-0.4, -0.2) is 34.9 Å². The zero-order valence-corrected chi connectivity index (χ0v) is 25.6. The van der Waals surface area contributed by atoms with E-state index in [0.717, 1.165) is 38.5 Å². The summed E-state index contributed by atoms with van der Waals surface area (Å²) >= 11 is 0. The molecule has 0 spiro atoms. The van der Waals surface area contributed by atoms with E-state index in [2.05, 4.69) is 20.8 Å². The molecular weight excluding hydrogens is 476 g/mol. The smallest absolute Gasteiger partial charge is 0.308 e. The molecule has 11 atom stereocenters. The number of esters is 2. The van der Waals surface area contributed by atoms with Crippen LogP contribution in [-0.2, 0) is 19.1 Å². The molecule has 0 heterocycles. The van der Waals surface area contributed by atoms with Crippen molar-refractivity contribution in [2.24, 2.45) is 52.3 Å². The number of hydrogen-bond donors (Lipinski definition) is 1. The predicted octanol–water partition coefficient (Wildman–Crippen LogP) is 7.33. The zero-order chi connectivity index (χ0) is 28.0. The molecule has 0 aliphatic heterocycles. The van der Waals surface area contributed by atoms with Gasteiger partial charge in [-0.3, -0.25) is 9.59 Å². The topological polar surface area (TPSA) is 72.8 Å². The summed E-state index contributed by atoms with van der Waals surface area (Å²) in [7, 11) is 0. The van der Waals surface area contributed by atoms with Gasteiger partial charge in [0.1, 0.15) is 11.7 Å². The summed E-state index contributed by atoms with van der Waals surface area (Å²) in [5.74, 6) is 2.82. The van der Waals surface area contributed by atoms with Crippen molar-refractivity contribution >= 4 is 11.9 Å². The maximum Gasteiger partial charge on any atom is 0.308 e. The normalized spacial score (nSPS) is 42.3. The molecule has 0 aromatic carbocycles. The second-order valence-electron chi connectivity index (χ2n) is 15.3. The number of carbonyl (C=O) groups is 2. The van der Waals surface area contributed by atoms with Crippen LogP contribution in [0.25, 0.3) is 0 Å². The molecule has 4 saturated carbocycles. The molecule has 4 aliphatic rings. The minimum atomic E-state index is -0.428. The van der Waals surface area contributed by atoms with Gasteiger partial charge in [0.15, 0.2) is 0 Å². The zero-order valence-electron chi connectivity index (χ0n) is 25.6. The highest BCUT2D eigenvalue weighted by atomic mass is 16.6. The van der Waals surface area contributed by atoms with Gasteiger partial charge in [0.25, 0.3) is 0 Å². The summed E-state index contributed by atoms with van der Waals surface area (Å²) in [6.45, 7) is 17.1. The maximum absolute atomic E-state index is 12.5. The fraction of sp³-hybridized carbons (Fsp3) is 0.939. The molecule has 1 N–H and O–H groups in total. The van der Waals surface area contributed by atoms with Gasteiger partial charge < -0.3 is 14.6 Å². The van der Waals surface area contributed by atoms with Crippen LogP contribution in [0.2, 0.25) is 0 Å². The number of fused-ring (bicyclic) bond motifs is 5. The van der Waals surface area contributed by atoms with Gasteiger partial charge in [-0.25, -0.2) is 0 Å². The van der Waals surface area contributed by atoms with Crippen molar-refractivity contribution in [1.82, 2.24) is 0 Å². The fourth-order valence-corrected chi connectivity index (χ4v) is 9.65. The number of ether oxygens (including phenoxy) is 2. The number of aliphatic hydroxyl groups excluding tert-OH is 1. The monoisotopic (exact) mass is 532 g/mol. The van der Waals surface area contributed by atoms with E-state index >= 15 is 0 Å². The number of carbonyl (C=O) groups excluding carboxylic acids is 2. The van der Waals surface area contributed by atoms with Crippen LogP contribution >= 0.6 is 0 Å². The molecule has 218 valence electrons. The van der Waals surface area contributed by atoms with Crippen LogP contribution in [0.1, 0.15) is 126 Å². The van der Waals surface area contributed by atoms with Crippen molar-refractivity contribution in [1.29, 1.82) is 0 Å². The summed E-state index contributed by atoms with van der Waals surface area (Å²) in [5, 5.41) is 11.7. The van der Waals surface area contributed by atoms with Crippen LogP contribution in [0.5, 0.6) is 0 Å². The lowest BCUT2D eigenvalue weighted by Crippen LogP contribution is -2.58. The Labute approximate surface area is 232 Å². The summed E-state index contributed by atoms with van der Waals surface area (Å²) in [4.78, 5) is 24.9. The lowest BCUT2D eigenvalue weighted by atomic mass is 9.43. The third-order valence-corrected chi connectivity index (χ3v) is 11.9. The minimum absolute atomic E-state index is 0.00821. The molecule has 0 bridgehead atoms. The van der Waals surface area contributed by atoms with Gasteiger partial charge in [0.2, 0.25) is 0 Å². The first-order valence-electron chi connectivity index (χ1n) is 15.8. The van der Waals surface area contributed by atoms with Crippen LogP contribution in [0.15, 0.2) is 0 Å². The third kappa shape index (κ3) is 5.70. The maximum atomic E-state index is 12.5. The van der Waals surface area contributed by atoms with Crippen LogP contribution < -0.4 is 0 Å². The molecule has 4 fully saturated rings. The molecule has 0 saturated heterocycles. The van der Waals surface area contributed by atoms with E-state index in [0.29, 0.717) is 41.9 Å². The largest absolute Gasteiger partial charge is 0.462 e.